The van der Waals surface area contributed by atoms with Crippen molar-refractivity contribution in [2.24, 2.45) is 17.8 Å². The van der Waals surface area contributed by atoms with Gasteiger partial charge < -0.3 is 0 Å². The molecule has 27 heavy (non-hydrogen) atoms. The van der Waals surface area contributed by atoms with E-state index < -0.39 is 0 Å². The molecule has 2 saturated carbocycles. The van der Waals surface area contributed by atoms with Crippen LogP contribution in [-0.4, -0.2) is 0 Å². The van der Waals surface area contributed by atoms with Crippen LogP contribution in [0.5, 0.6) is 0 Å². The molecule has 0 heterocycles. The fourth-order valence-electron chi connectivity index (χ4n) is 5.60. The first-order valence-electron chi connectivity index (χ1n) is 11.6. The van der Waals surface area contributed by atoms with Gasteiger partial charge in [-0.2, -0.15) is 0 Å². The molecule has 1 aromatic carbocycles. The molecular formula is C26H39F. The third kappa shape index (κ3) is 6.19. The lowest BCUT2D eigenvalue weighted by molar-refractivity contribution is 0.157. The predicted molar refractivity (Wildman–Crippen MR) is 115 cm³/mol. The van der Waals surface area contributed by atoms with Crippen molar-refractivity contribution in [3.05, 3.63) is 47.8 Å². The van der Waals surface area contributed by atoms with Gasteiger partial charge >= 0.3 is 0 Å². The summed E-state index contributed by atoms with van der Waals surface area (Å²) in [6.07, 6.45) is 19.6. The Hall–Kier alpha value is -1.11. The zero-order chi connectivity index (χ0) is 18.9. The highest BCUT2D eigenvalue weighted by molar-refractivity contribution is 5.26. The Morgan fingerprint density at radius 1 is 0.889 bits per heavy atom. The molecule has 0 bridgehead atoms. The van der Waals surface area contributed by atoms with E-state index in [4.69, 9.17) is 0 Å². The van der Waals surface area contributed by atoms with E-state index in [0.29, 0.717) is 6.33 Å². The monoisotopic (exact) mass is 370 g/mol. The molecule has 0 saturated heterocycles. The number of allylic oxidation sites excluding steroid dienone is 1. The van der Waals surface area contributed by atoms with Crippen molar-refractivity contribution < 1.29 is 4.39 Å². The Bertz CT molecular complexity index is 542. The van der Waals surface area contributed by atoms with Gasteiger partial charge in [0.15, 0.2) is 0 Å². The highest BCUT2D eigenvalue weighted by Crippen LogP contribution is 2.44. The molecule has 0 amide bonds. The summed E-state index contributed by atoms with van der Waals surface area (Å²) in [5, 5.41) is 0. The third-order valence-electron chi connectivity index (χ3n) is 7.43. The Labute approximate surface area is 166 Å². The van der Waals surface area contributed by atoms with Crippen LogP contribution in [0.2, 0.25) is 0 Å². The second-order valence-electron chi connectivity index (χ2n) is 9.18. The van der Waals surface area contributed by atoms with Gasteiger partial charge in [0.1, 0.15) is 0 Å². The highest BCUT2D eigenvalue weighted by atomic mass is 19.1. The van der Waals surface area contributed by atoms with Crippen molar-refractivity contribution in [2.75, 3.05) is 0 Å². The molecule has 1 heteroatoms. The largest absolute Gasteiger partial charge is 0.216 e. The topological polar surface area (TPSA) is 0 Å². The molecular weight excluding hydrogens is 331 g/mol. The van der Waals surface area contributed by atoms with Crippen LogP contribution in [0.3, 0.4) is 0 Å². The zero-order valence-corrected chi connectivity index (χ0v) is 17.3. The normalized spacial score (nSPS) is 29.3. The lowest BCUT2D eigenvalue weighted by atomic mass is 9.68. The molecule has 2 fully saturated rings. The van der Waals surface area contributed by atoms with Crippen molar-refractivity contribution in [2.45, 2.75) is 96.3 Å². The SMILES string of the molecule is CCCCc1ccc(C2CCC([C@H]3CC[C@H](CC/C=C/F)CC3)CC2)cc1. The first kappa shape index (κ1) is 20.6. The molecule has 2 aliphatic rings. The molecule has 0 radical (unpaired) electrons. The maximum atomic E-state index is 12.1. The number of rotatable bonds is 8. The Balaban J connectivity index is 1.40. The van der Waals surface area contributed by atoms with Gasteiger partial charge in [0.25, 0.3) is 0 Å². The fraction of sp³-hybridized carbons (Fsp3) is 0.692. The number of unbranched alkanes of at least 4 members (excludes halogenated alkanes) is 1. The van der Waals surface area contributed by atoms with Crippen LogP contribution in [0.1, 0.15) is 101 Å². The van der Waals surface area contributed by atoms with Crippen LogP contribution in [0.25, 0.3) is 0 Å². The van der Waals surface area contributed by atoms with Crippen LogP contribution >= 0.6 is 0 Å². The van der Waals surface area contributed by atoms with Crippen LogP contribution in [0.15, 0.2) is 36.7 Å². The van der Waals surface area contributed by atoms with E-state index in [2.05, 4.69) is 31.2 Å². The molecule has 0 spiro atoms. The number of aryl methyl sites for hydroxylation is 1. The molecule has 3 rings (SSSR count). The number of halogens is 1. The van der Waals surface area contributed by atoms with Gasteiger partial charge in [-0.15, -0.1) is 0 Å². The minimum atomic E-state index is 0.711. The van der Waals surface area contributed by atoms with Crippen LogP contribution in [0.4, 0.5) is 4.39 Å². The average Bonchev–Trinajstić information content (AvgIpc) is 2.73. The van der Waals surface area contributed by atoms with Gasteiger partial charge in [0.2, 0.25) is 0 Å². The van der Waals surface area contributed by atoms with E-state index in [0.717, 1.165) is 30.1 Å². The summed E-state index contributed by atoms with van der Waals surface area (Å²) in [4.78, 5) is 0. The first-order chi connectivity index (χ1) is 13.3. The molecule has 2 aliphatic carbocycles. The van der Waals surface area contributed by atoms with E-state index in [-0.39, 0.29) is 0 Å². The van der Waals surface area contributed by atoms with Crippen molar-refractivity contribution in [3.8, 4) is 0 Å². The molecule has 0 aromatic heterocycles. The smallest absolute Gasteiger partial charge is 0.0827 e. The van der Waals surface area contributed by atoms with Gasteiger partial charge in [0, 0.05) is 0 Å². The number of hydrogen-bond donors (Lipinski definition) is 0. The Morgan fingerprint density at radius 2 is 1.52 bits per heavy atom. The standard InChI is InChI=1S/C26H39F/c1-2-3-6-21-8-12-23(13-9-21)25-16-18-26(19-17-25)24-14-10-22(11-15-24)7-4-5-20-27/h5,8-9,12-13,20,22,24-26H,2-4,6-7,10-11,14-19H2,1H3/b20-5+/t22-,24-,25?,26?. The second-order valence-corrected chi connectivity index (χ2v) is 9.18. The minimum absolute atomic E-state index is 0.711. The first-order valence-corrected chi connectivity index (χ1v) is 11.6. The summed E-state index contributed by atoms with van der Waals surface area (Å²) in [6.45, 7) is 2.27. The third-order valence-corrected chi connectivity index (χ3v) is 7.43. The zero-order valence-electron chi connectivity index (χ0n) is 17.3. The summed E-state index contributed by atoms with van der Waals surface area (Å²) in [5.41, 5.74) is 3.09. The van der Waals surface area contributed by atoms with Crippen LogP contribution in [0, 0.1) is 17.8 Å². The van der Waals surface area contributed by atoms with E-state index in [1.807, 2.05) is 0 Å². The second kappa shape index (κ2) is 11.0. The van der Waals surface area contributed by atoms with E-state index in [1.165, 1.54) is 82.6 Å². The average molecular weight is 371 g/mol. The van der Waals surface area contributed by atoms with Gasteiger partial charge in [-0.1, -0.05) is 56.5 Å². The summed E-state index contributed by atoms with van der Waals surface area (Å²) in [5.74, 6) is 3.58. The molecule has 0 nitrogen and oxygen atoms in total. The molecule has 0 atom stereocenters. The Kier molecular flexibility index (Phi) is 8.42. The highest BCUT2D eigenvalue weighted by Gasteiger charge is 2.31. The Morgan fingerprint density at radius 3 is 2.11 bits per heavy atom. The van der Waals surface area contributed by atoms with Crippen molar-refractivity contribution in [3.63, 3.8) is 0 Å². The molecule has 0 unspecified atom stereocenters. The van der Waals surface area contributed by atoms with E-state index in [9.17, 15) is 4.39 Å². The minimum Gasteiger partial charge on any atom is -0.216 e. The summed E-state index contributed by atoms with van der Waals surface area (Å²) >= 11 is 0. The van der Waals surface area contributed by atoms with Gasteiger partial charge in [-0.25, -0.2) is 4.39 Å². The fourth-order valence-corrected chi connectivity index (χ4v) is 5.60. The lowest BCUT2D eigenvalue weighted by Crippen LogP contribution is -2.25. The molecule has 0 aliphatic heterocycles. The van der Waals surface area contributed by atoms with Crippen LogP contribution < -0.4 is 0 Å². The van der Waals surface area contributed by atoms with Gasteiger partial charge in [-0.05, 0) is 99.0 Å². The number of hydrogen-bond acceptors (Lipinski definition) is 0. The maximum Gasteiger partial charge on any atom is 0.0827 e. The molecule has 1 aromatic rings. The maximum absolute atomic E-state index is 12.1. The summed E-state index contributed by atoms with van der Waals surface area (Å²) in [6, 6.07) is 9.56. The lowest BCUT2D eigenvalue weighted by Gasteiger charge is -2.38. The van der Waals surface area contributed by atoms with Gasteiger partial charge in [-0.3, -0.25) is 0 Å². The summed E-state index contributed by atoms with van der Waals surface area (Å²) < 4.78 is 12.1. The van der Waals surface area contributed by atoms with Gasteiger partial charge in [0.05, 0.1) is 6.33 Å². The van der Waals surface area contributed by atoms with E-state index >= 15 is 0 Å². The van der Waals surface area contributed by atoms with Crippen molar-refractivity contribution in [1.29, 1.82) is 0 Å². The molecule has 0 N–H and O–H groups in total. The van der Waals surface area contributed by atoms with E-state index in [1.54, 1.807) is 11.6 Å². The quantitative estimate of drug-likeness (QED) is 0.431. The van der Waals surface area contributed by atoms with Crippen molar-refractivity contribution in [1.82, 2.24) is 0 Å². The predicted octanol–water partition coefficient (Wildman–Crippen LogP) is 8.37. The van der Waals surface area contributed by atoms with Crippen molar-refractivity contribution >= 4 is 0 Å². The number of benzene rings is 1. The molecule has 150 valence electrons. The van der Waals surface area contributed by atoms with Crippen LogP contribution in [-0.2, 0) is 6.42 Å². The summed E-state index contributed by atoms with van der Waals surface area (Å²) in [7, 11) is 0.